The highest BCUT2D eigenvalue weighted by Crippen LogP contribution is 2.44. The van der Waals surface area contributed by atoms with Gasteiger partial charge in [0.25, 0.3) is 5.91 Å². The minimum atomic E-state index is -1.93. The van der Waals surface area contributed by atoms with Gasteiger partial charge in [0.05, 0.1) is 17.3 Å². The van der Waals surface area contributed by atoms with E-state index in [4.69, 9.17) is 9.41 Å². The summed E-state index contributed by atoms with van der Waals surface area (Å²) in [5, 5.41) is 17.6. The van der Waals surface area contributed by atoms with E-state index in [1.165, 1.54) is 10.5 Å². The zero-order valence-electron chi connectivity index (χ0n) is 24.5. The van der Waals surface area contributed by atoms with Gasteiger partial charge in [-0.05, 0) is 60.3 Å². The first kappa shape index (κ1) is 28.5. The fourth-order valence-corrected chi connectivity index (χ4v) is 5.69. The van der Waals surface area contributed by atoms with Gasteiger partial charge in [0.2, 0.25) is 5.95 Å². The fraction of sp³-hybridized carbons (Fsp3) is 0.483. The lowest BCUT2D eigenvalue weighted by Gasteiger charge is -2.39. The minimum absolute atomic E-state index is 0.128. The molecule has 2 heterocycles. The van der Waals surface area contributed by atoms with E-state index in [1.807, 2.05) is 12.1 Å². The number of nitriles is 1. The Morgan fingerprint density at radius 1 is 1.28 bits per heavy atom. The van der Waals surface area contributed by atoms with Gasteiger partial charge in [0.1, 0.15) is 5.82 Å². The van der Waals surface area contributed by atoms with Crippen LogP contribution in [0.1, 0.15) is 61.3 Å². The number of aryl methyl sites for hydroxylation is 1. The second-order valence-electron chi connectivity index (χ2n) is 12.4. The maximum atomic E-state index is 12.3. The number of hydrogen-bond donors (Lipinski definition) is 1. The quantitative estimate of drug-likeness (QED) is 0.395. The molecule has 1 atom stereocenters. The lowest BCUT2D eigenvalue weighted by Crippen LogP contribution is -2.44. The molecule has 0 radical (unpaired) electrons. The number of amides is 1. The summed E-state index contributed by atoms with van der Waals surface area (Å²) in [4.78, 5) is 22.9. The molecule has 1 aromatic carbocycles. The van der Waals surface area contributed by atoms with Crippen molar-refractivity contribution in [1.82, 2.24) is 24.6 Å². The fourth-order valence-electron chi connectivity index (χ4n) is 4.58. The van der Waals surface area contributed by atoms with Crippen molar-refractivity contribution in [2.24, 2.45) is 7.05 Å². The van der Waals surface area contributed by atoms with Gasteiger partial charge in [-0.15, -0.1) is 0 Å². The zero-order chi connectivity index (χ0) is 28.8. The zero-order valence-corrected chi connectivity index (χ0v) is 25.5. The van der Waals surface area contributed by atoms with E-state index in [0.29, 0.717) is 35.3 Å². The van der Waals surface area contributed by atoms with Crippen LogP contribution in [0.4, 0.5) is 11.8 Å². The Kier molecular flexibility index (Phi) is 7.45. The molecule has 0 aliphatic heterocycles. The summed E-state index contributed by atoms with van der Waals surface area (Å²) in [6, 6.07) is 10.0. The first-order valence-corrected chi connectivity index (χ1v) is 16.1. The van der Waals surface area contributed by atoms with Gasteiger partial charge in [0, 0.05) is 51.0 Å². The number of nitrogens with zero attached hydrogens (tertiary/aromatic N) is 6. The van der Waals surface area contributed by atoms with Gasteiger partial charge in [-0.25, -0.2) is 9.97 Å². The van der Waals surface area contributed by atoms with Crippen LogP contribution in [-0.4, -0.2) is 59.6 Å². The van der Waals surface area contributed by atoms with Crippen LogP contribution in [0.25, 0.3) is 11.3 Å². The summed E-state index contributed by atoms with van der Waals surface area (Å²) in [6.07, 6.45) is 3.49. The average Bonchev–Trinajstić information content (AvgIpc) is 3.41. The molecule has 0 fully saturated rings. The van der Waals surface area contributed by atoms with E-state index in [2.05, 4.69) is 68.3 Å². The molecule has 9 nitrogen and oxygen atoms in total. The molecule has 0 unspecified atom stereocenters. The number of nitrogens with one attached hydrogen (secondary N) is 1. The molecule has 1 amide bonds. The van der Waals surface area contributed by atoms with E-state index < -0.39 is 8.32 Å². The van der Waals surface area contributed by atoms with Gasteiger partial charge in [0.15, 0.2) is 14.0 Å². The van der Waals surface area contributed by atoms with Crippen LogP contribution in [0.3, 0.4) is 0 Å². The maximum Gasteiger partial charge on any atom is 0.273 e. The molecule has 3 aromatic rings. The van der Waals surface area contributed by atoms with Crippen molar-refractivity contribution < 1.29 is 9.22 Å². The molecular formula is C29H39N7O2Si. The maximum absolute atomic E-state index is 12.3. The normalized spacial score (nSPS) is 17.0. The van der Waals surface area contributed by atoms with Gasteiger partial charge < -0.3 is 14.6 Å². The molecule has 0 saturated heterocycles. The number of hydrogen-bond acceptors (Lipinski definition) is 7. The lowest BCUT2D eigenvalue weighted by atomic mass is 9.83. The second kappa shape index (κ2) is 10.2. The topological polar surface area (TPSA) is 109 Å². The standard InChI is InChI=1S/C29H39N7O2Si/c1-28(2,3)39(8,9)38-18-29(4)12-10-21-20(17-30)14-19(15-22(21)29)23-11-13-31-27(32-23)33-25-16-24(34-36(25)7)26(37)35(5)6/h11,13-16H,10,12,18H2,1-9H3,(H,31,32,33)/t29-/m1/s1. The average molecular weight is 546 g/mol. The smallest absolute Gasteiger partial charge is 0.273 e. The molecule has 1 N–H and O–H groups in total. The lowest BCUT2D eigenvalue weighted by molar-refractivity contribution is 0.0821. The summed E-state index contributed by atoms with van der Waals surface area (Å²) in [7, 11) is 3.20. The number of carbonyl (C=O) groups excluding carboxylic acids is 1. The third kappa shape index (κ3) is 5.60. The Morgan fingerprint density at radius 3 is 2.64 bits per heavy atom. The molecule has 10 heteroatoms. The van der Waals surface area contributed by atoms with E-state index in [-0.39, 0.29) is 16.4 Å². The molecule has 39 heavy (non-hydrogen) atoms. The van der Waals surface area contributed by atoms with Crippen LogP contribution >= 0.6 is 0 Å². The predicted octanol–water partition coefficient (Wildman–Crippen LogP) is 5.42. The summed E-state index contributed by atoms with van der Waals surface area (Å²) >= 11 is 0. The highest BCUT2D eigenvalue weighted by Gasteiger charge is 2.42. The number of fused-ring (bicyclic) bond motifs is 1. The molecule has 0 spiro atoms. The van der Waals surface area contributed by atoms with Gasteiger partial charge >= 0.3 is 0 Å². The highest BCUT2D eigenvalue weighted by atomic mass is 28.4. The molecule has 206 valence electrons. The third-order valence-corrected chi connectivity index (χ3v) is 12.7. The molecule has 1 aliphatic rings. The number of carbonyl (C=O) groups is 1. The first-order valence-electron chi connectivity index (χ1n) is 13.2. The van der Waals surface area contributed by atoms with Crippen LogP contribution in [0.5, 0.6) is 0 Å². The third-order valence-electron chi connectivity index (χ3n) is 8.20. The largest absolute Gasteiger partial charge is 0.416 e. The Labute approximate surface area is 232 Å². The Balaban J connectivity index is 1.65. The van der Waals surface area contributed by atoms with Crippen molar-refractivity contribution in [3.63, 3.8) is 0 Å². The Bertz CT molecular complexity index is 1450. The SMILES string of the molecule is CN(C)C(=O)c1cc(Nc2nccc(-c3cc(C#N)c4c(c3)[C@@](C)(CO[Si](C)(C)C(C)(C)C)CC4)n2)n(C)n1. The summed E-state index contributed by atoms with van der Waals surface area (Å²) < 4.78 is 8.26. The van der Waals surface area contributed by atoms with Gasteiger partial charge in [-0.1, -0.05) is 27.7 Å². The number of anilines is 2. The Hall–Kier alpha value is -3.55. The molecule has 0 bridgehead atoms. The van der Waals surface area contributed by atoms with E-state index in [1.54, 1.807) is 38.1 Å². The molecule has 4 rings (SSSR count). The van der Waals surface area contributed by atoms with Crippen LogP contribution in [0, 0.1) is 11.3 Å². The van der Waals surface area contributed by atoms with Crippen LogP contribution in [-0.2, 0) is 23.3 Å². The van der Waals surface area contributed by atoms with E-state index in [9.17, 15) is 10.1 Å². The van der Waals surface area contributed by atoms with Gasteiger partial charge in [-0.3, -0.25) is 9.48 Å². The predicted molar refractivity (Wildman–Crippen MR) is 156 cm³/mol. The van der Waals surface area contributed by atoms with Crippen molar-refractivity contribution in [2.75, 3.05) is 26.0 Å². The Morgan fingerprint density at radius 2 is 2.00 bits per heavy atom. The van der Waals surface area contributed by atoms with Crippen LogP contribution in [0.2, 0.25) is 18.1 Å². The minimum Gasteiger partial charge on any atom is -0.416 e. The molecule has 1 aliphatic carbocycles. The van der Waals surface area contributed by atoms with E-state index >= 15 is 0 Å². The van der Waals surface area contributed by atoms with Crippen molar-refractivity contribution >= 4 is 26.0 Å². The summed E-state index contributed by atoms with van der Waals surface area (Å²) in [5.41, 5.74) is 4.69. The van der Waals surface area contributed by atoms with Crippen molar-refractivity contribution in [3.8, 4) is 17.3 Å². The molecular weight excluding hydrogens is 506 g/mol. The number of aromatic nitrogens is 4. The monoisotopic (exact) mass is 545 g/mol. The molecule has 2 aromatic heterocycles. The van der Waals surface area contributed by atoms with E-state index in [0.717, 1.165) is 24.0 Å². The highest BCUT2D eigenvalue weighted by molar-refractivity contribution is 6.74. The van der Waals surface area contributed by atoms with Gasteiger partial charge in [-0.2, -0.15) is 10.4 Å². The van der Waals surface area contributed by atoms with Crippen LogP contribution < -0.4 is 5.32 Å². The van der Waals surface area contributed by atoms with Crippen molar-refractivity contribution in [1.29, 1.82) is 5.26 Å². The van der Waals surface area contributed by atoms with Crippen molar-refractivity contribution in [3.05, 3.63) is 52.8 Å². The number of benzene rings is 1. The number of rotatable bonds is 7. The van der Waals surface area contributed by atoms with Crippen molar-refractivity contribution in [2.45, 2.75) is 64.1 Å². The first-order chi connectivity index (χ1) is 18.1. The second-order valence-corrected chi connectivity index (χ2v) is 17.2. The summed E-state index contributed by atoms with van der Waals surface area (Å²) in [6.45, 7) is 14.2. The molecule has 0 saturated carbocycles. The van der Waals surface area contributed by atoms with Crippen LogP contribution in [0.15, 0.2) is 30.5 Å². The summed E-state index contributed by atoms with van der Waals surface area (Å²) in [5.74, 6) is 0.790.